The van der Waals surface area contributed by atoms with Crippen LogP contribution in [0, 0.1) is 0 Å². The summed E-state index contributed by atoms with van der Waals surface area (Å²) in [5, 5.41) is 13.3. The number of fused-ring (bicyclic) bond motifs is 1. The van der Waals surface area contributed by atoms with Crippen molar-refractivity contribution >= 4 is 11.5 Å². The Morgan fingerprint density at radius 1 is 1.63 bits per heavy atom. The molecule has 0 saturated carbocycles. The molecule has 100 valence electrons. The normalized spacial score (nSPS) is 18.9. The van der Waals surface area contributed by atoms with Crippen LogP contribution in [0.15, 0.2) is 18.3 Å². The van der Waals surface area contributed by atoms with E-state index < -0.39 is 5.97 Å². The van der Waals surface area contributed by atoms with E-state index in [1.807, 2.05) is 0 Å². The van der Waals surface area contributed by atoms with Crippen LogP contribution in [0.25, 0.3) is 5.52 Å². The summed E-state index contributed by atoms with van der Waals surface area (Å²) in [6, 6.07) is 3.37. The third kappa shape index (κ3) is 1.84. The lowest BCUT2D eigenvalue weighted by atomic mass is 10.2. The van der Waals surface area contributed by atoms with E-state index in [1.54, 1.807) is 16.7 Å². The van der Waals surface area contributed by atoms with E-state index in [1.165, 1.54) is 13.2 Å². The summed E-state index contributed by atoms with van der Waals surface area (Å²) in [5.74, 6) is 0.228. The number of carbonyl (C=O) groups is 1. The topological polar surface area (TPSA) is 75.9 Å². The van der Waals surface area contributed by atoms with Crippen molar-refractivity contribution in [3.8, 4) is 5.75 Å². The zero-order chi connectivity index (χ0) is 13.4. The molecule has 1 saturated heterocycles. The highest BCUT2D eigenvalue weighted by atomic mass is 16.5. The number of pyridine rings is 1. The summed E-state index contributed by atoms with van der Waals surface area (Å²) in [5.41, 5.74) is 0.558. The summed E-state index contributed by atoms with van der Waals surface area (Å²) in [7, 11) is 1.31. The monoisotopic (exact) mass is 261 g/mol. The molecule has 1 aliphatic rings. The van der Waals surface area contributed by atoms with Gasteiger partial charge in [-0.3, -0.25) is 4.40 Å². The van der Waals surface area contributed by atoms with Crippen molar-refractivity contribution in [3.05, 3.63) is 29.8 Å². The van der Waals surface area contributed by atoms with E-state index in [9.17, 15) is 9.90 Å². The van der Waals surface area contributed by atoms with Crippen molar-refractivity contribution in [1.29, 1.82) is 0 Å². The predicted molar refractivity (Wildman–Crippen MR) is 68.2 cm³/mol. The molecular formula is C13H15N3O3. The molecular weight excluding hydrogens is 246 g/mol. The SMILES string of the molecule is COC(=O)c1nc(C2CCCN2)n2cccc(O)c12. The number of nitrogens with one attached hydrogen (secondary N) is 1. The summed E-state index contributed by atoms with van der Waals surface area (Å²) in [6.45, 7) is 0.936. The number of ether oxygens (including phenoxy) is 1. The molecule has 3 rings (SSSR count). The maximum Gasteiger partial charge on any atom is 0.359 e. The van der Waals surface area contributed by atoms with Gasteiger partial charge in [0, 0.05) is 6.20 Å². The zero-order valence-corrected chi connectivity index (χ0v) is 10.6. The second-order valence-corrected chi connectivity index (χ2v) is 4.57. The minimum Gasteiger partial charge on any atom is -0.506 e. The Kier molecular flexibility index (Phi) is 2.87. The fourth-order valence-corrected chi connectivity index (χ4v) is 2.53. The number of esters is 1. The molecule has 0 spiro atoms. The van der Waals surface area contributed by atoms with E-state index >= 15 is 0 Å². The van der Waals surface area contributed by atoms with E-state index in [0.29, 0.717) is 5.52 Å². The number of carbonyl (C=O) groups excluding carboxylic acids is 1. The first-order chi connectivity index (χ1) is 9.22. The summed E-state index contributed by atoms with van der Waals surface area (Å²) >= 11 is 0. The van der Waals surface area contributed by atoms with Crippen LogP contribution >= 0.6 is 0 Å². The molecule has 19 heavy (non-hydrogen) atoms. The van der Waals surface area contributed by atoms with E-state index in [-0.39, 0.29) is 17.5 Å². The molecule has 2 N–H and O–H groups in total. The molecule has 6 heteroatoms. The highest BCUT2D eigenvalue weighted by molar-refractivity contribution is 5.97. The number of nitrogens with zero attached hydrogens (tertiary/aromatic N) is 2. The Bertz CT molecular complexity index is 629. The fraction of sp³-hybridized carbons (Fsp3) is 0.385. The van der Waals surface area contributed by atoms with E-state index in [2.05, 4.69) is 10.3 Å². The van der Waals surface area contributed by atoms with Crippen LogP contribution in [0.3, 0.4) is 0 Å². The molecule has 1 unspecified atom stereocenters. The van der Waals surface area contributed by atoms with Crippen molar-refractivity contribution in [3.63, 3.8) is 0 Å². The molecule has 0 bridgehead atoms. The predicted octanol–water partition coefficient (Wildman–Crippen LogP) is 1.25. The van der Waals surface area contributed by atoms with Gasteiger partial charge >= 0.3 is 5.97 Å². The lowest BCUT2D eigenvalue weighted by molar-refractivity contribution is 0.0596. The molecule has 0 aromatic carbocycles. The van der Waals surface area contributed by atoms with Crippen molar-refractivity contribution in [1.82, 2.24) is 14.7 Å². The first-order valence-electron chi connectivity index (χ1n) is 6.24. The zero-order valence-electron chi connectivity index (χ0n) is 10.6. The number of hydrogen-bond donors (Lipinski definition) is 2. The van der Waals surface area contributed by atoms with Crippen molar-refractivity contribution in [2.45, 2.75) is 18.9 Å². The van der Waals surface area contributed by atoms with Crippen molar-refractivity contribution in [2.75, 3.05) is 13.7 Å². The van der Waals surface area contributed by atoms with Gasteiger partial charge in [-0.25, -0.2) is 9.78 Å². The minimum absolute atomic E-state index is 0.0275. The molecule has 1 fully saturated rings. The van der Waals surface area contributed by atoms with Gasteiger partial charge in [0.05, 0.1) is 13.2 Å². The first kappa shape index (κ1) is 12.0. The van der Waals surface area contributed by atoms with Crippen LogP contribution in [-0.4, -0.2) is 34.1 Å². The molecule has 1 atom stereocenters. The Balaban J connectivity index is 2.23. The number of hydrogen-bond acceptors (Lipinski definition) is 5. The smallest absolute Gasteiger partial charge is 0.359 e. The van der Waals surface area contributed by atoms with Gasteiger partial charge < -0.3 is 15.2 Å². The van der Waals surface area contributed by atoms with E-state index in [4.69, 9.17) is 4.74 Å². The second kappa shape index (κ2) is 4.55. The van der Waals surface area contributed by atoms with Gasteiger partial charge in [0.2, 0.25) is 0 Å². The molecule has 0 aliphatic carbocycles. The van der Waals surface area contributed by atoms with Crippen LogP contribution in [-0.2, 0) is 4.74 Å². The largest absolute Gasteiger partial charge is 0.506 e. The van der Waals surface area contributed by atoms with Crippen LogP contribution in [0.5, 0.6) is 5.75 Å². The fourth-order valence-electron chi connectivity index (χ4n) is 2.53. The molecule has 1 aliphatic heterocycles. The van der Waals surface area contributed by atoms with Crippen molar-refractivity contribution < 1.29 is 14.6 Å². The maximum absolute atomic E-state index is 11.8. The molecule has 2 aromatic rings. The maximum atomic E-state index is 11.8. The summed E-state index contributed by atoms with van der Waals surface area (Å²) in [6.07, 6.45) is 3.84. The third-order valence-corrected chi connectivity index (χ3v) is 3.42. The Morgan fingerprint density at radius 2 is 2.47 bits per heavy atom. The molecule has 0 amide bonds. The minimum atomic E-state index is -0.539. The van der Waals surface area contributed by atoms with Crippen LogP contribution < -0.4 is 5.32 Å². The summed E-state index contributed by atoms with van der Waals surface area (Å²) in [4.78, 5) is 16.1. The van der Waals surface area contributed by atoms with Gasteiger partial charge in [0.25, 0.3) is 0 Å². The Hall–Kier alpha value is -2.08. The number of aromatic nitrogens is 2. The van der Waals surface area contributed by atoms with E-state index in [0.717, 1.165) is 25.2 Å². The second-order valence-electron chi connectivity index (χ2n) is 4.57. The van der Waals surface area contributed by atoms with Gasteiger partial charge in [-0.15, -0.1) is 0 Å². The summed E-state index contributed by atoms with van der Waals surface area (Å²) < 4.78 is 6.48. The van der Waals surface area contributed by atoms with Gasteiger partial charge in [0.1, 0.15) is 17.1 Å². The van der Waals surface area contributed by atoms with Crippen LogP contribution in [0.1, 0.15) is 35.2 Å². The lowest BCUT2D eigenvalue weighted by Gasteiger charge is -2.08. The molecule has 6 nitrogen and oxygen atoms in total. The van der Waals surface area contributed by atoms with Gasteiger partial charge in [-0.05, 0) is 31.5 Å². The van der Waals surface area contributed by atoms with Crippen LogP contribution in [0.2, 0.25) is 0 Å². The number of imidazole rings is 1. The number of methoxy groups -OCH3 is 1. The third-order valence-electron chi connectivity index (χ3n) is 3.42. The molecule has 0 radical (unpaired) electrons. The Morgan fingerprint density at radius 3 is 3.16 bits per heavy atom. The van der Waals surface area contributed by atoms with Gasteiger partial charge in [0.15, 0.2) is 5.69 Å². The van der Waals surface area contributed by atoms with Crippen molar-refractivity contribution in [2.24, 2.45) is 0 Å². The van der Waals surface area contributed by atoms with Gasteiger partial charge in [-0.1, -0.05) is 0 Å². The standard InChI is InChI=1S/C13H15N3O3/c1-19-13(18)10-11-9(17)5-3-7-16(11)12(15-10)8-4-2-6-14-8/h3,5,7-8,14,17H,2,4,6H2,1H3. The number of rotatable bonds is 2. The lowest BCUT2D eigenvalue weighted by Crippen LogP contribution is -2.15. The average Bonchev–Trinajstić information content (AvgIpc) is 3.05. The Labute approximate surface area is 110 Å². The van der Waals surface area contributed by atoms with Crippen LogP contribution in [0.4, 0.5) is 0 Å². The average molecular weight is 261 g/mol. The highest BCUT2D eigenvalue weighted by Gasteiger charge is 2.26. The number of aromatic hydroxyl groups is 1. The molecule has 2 aromatic heterocycles. The highest BCUT2D eigenvalue weighted by Crippen LogP contribution is 2.29. The quantitative estimate of drug-likeness (QED) is 0.796. The molecule has 3 heterocycles. The van der Waals surface area contributed by atoms with Gasteiger partial charge in [-0.2, -0.15) is 0 Å². The first-order valence-corrected chi connectivity index (χ1v) is 6.24.